The molecule has 0 aliphatic heterocycles. The molecule has 0 saturated heterocycles. The topological polar surface area (TPSA) is 145 Å². The van der Waals surface area contributed by atoms with Gasteiger partial charge in [-0.1, -0.05) is 49.9 Å². The number of nitrogens with zero attached hydrogens (tertiary/aromatic N) is 7. The molecule has 44 heavy (non-hydrogen) atoms. The molecular weight excluding hydrogens is 560 g/mol. The fourth-order valence-electron chi connectivity index (χ4n) is 5.89. The largest absolute Gasteiger partial charge is 0.399 e. The number of carbonyl (C=O) groups is 2. The molecule has 230 valence electrons. The molecule has 12 heteroatoms. The van der Waals surface area contributed by atoms with Crippen LogP contribution in [0.25, 0.3) is 22.5 Å². The highest BCUT2D eigenvalue weighted by Crippen LogP contribution is 2.26. The third-order valence-electron chi connectivity index (χ3n) is 8.49. The number of hydrogen-bond acceptors (Lipinski definition) is 7. The Balaban J connectivity index is 0.000000175. The summed E-state index contributed by atoms with van der Waals surface area (Å²) in [4.78, 5) is 47.5. The number of non-ortho nitro benzene ring substituents is 1. The quantitative estimate of drug-likeness (QED) is 0.162. The van der Waals surface area contributed by atoms with Crippen molar-refractivity contribution in [1.29, 1.82) is 0 Å². The van der Waals surface area contributed by atoms with Crippen LogP contribution in [0.1, 0.15) is 51.4 Å². The van der Waals surface area contributed by atoms with Gasteiger partial charge in [-0.25, -0.2) is 19.6 Å². The lowest BCUT2D eigenvalue weighted by atomic mass is 10.1. The highest BCUT2D eigenvalue weighted by Gasteiger charge is 2.25. The van der Waals surface area contributed by atoms with Crippen molar-refractivity contribution >= 4 is 23.4 Å². The SMILES string of the molecule is CN(C(=O)n1cnc(-c2cccc(N)c2)c1)C1CCCC1.CN(C(=O)n1cnc(-c2cccc([N+](=O)[O-])c2)c1)C1CCCC1. The first-order chi connectivity index (χ1) is 21.2. The van der Waals surface area contributed by atoms with Crippen LogP contribution in [0, 0.1) is 10.1 Å². The Morgan fingerprint density at radius 2 is 1.25 bits per heavy atom. The average molecular weight is 599 g/mol. The number of nitro benzene ring substituents is 1. The molecule has 2 amide bonds. The van der Waals surface area contributed by atoms with Gasteiger partial charge in [0.1, 0.15) is 12.7 Å². The van der Waals surface area contributed by atoms with Crippen LogP contribution in [-0.2, 0) is 0 Å². The lowest BCUT2D eigenvalue weighted by molar-refractivity contribution is -0.384. The van der Waals surface area contributed by atoms with E-state index in [-0.39, 0.29) is 23.8 Å². The fraction of sp³-hybridized carbons (Fsp3) is 0.375. The van der Waals surface area contributed by atoms with Gasteiger partial charge in [0.05, 0.1) is 16.3 Å². The van der Waals surface area contributed by atoms with E-state index in [9.17, 15) is 19.7 Å². The molecule has 2 aromatic heterocycles. The number of imidazole rings is 2. The van der Waals surface area contributed by atoms with Crippen molar-refractivity contribution in [3.05, 3.63) is 83.7 Å². The van der Waals surface area contributed by atoms with Gasteiger partial charge in [-0.3, -0.25) is 19.2 Å². The second-order valence-corrected chi connectivity index (χ2v) is 11.4. The molecule has 0 radical (unpaired) electrons. The molecule has 0 spiro atoms. The standard InChI is InChI=1S/C16H18N4O3.C16H20N4O/c1-18(13-6-2-3-7-13)16(21)19-10-15(17-11-19)12-5-4-8-14(9-12)20(22)23;1-19(14-7-2-3-8-14)16(21)20-10-15(18-11-20)12-5-4-6-13(17)9-12/h4-5,8-11,13H,2-3,6-7H2,1H3;4-6,9-11,14H,2-3,7-8,17H2,1H3. The summed E-state index contributed by atoms with van der Waals surface area (Å²) in [6.07, 6.45) is 15.4. The second kappa shape index (κ2) is 13.5. The number of amides is 2. The van der Waals surface area contributed by atoms with Crippen LogP contribution >= 0.6 is 0 Å². The van der Waals surface area contributed by atoms with Gasteiger partial charge in [0, 0.05) is 67.5 Å². The summed E-state index contributed by atoms with van der Waals surface area (Å²) < 4.78 is 2.99. The maximum atomic E-state index is 12.5. The second-order valence-electron chi connectivity index (χ2n) is 11.4. The van der Waals surface area contributed by atoms with Crippen LogP contribution in [0.4, 0.5) is 21.0 Å². The zero-order chi connectivity index (χ0) is 31.2. The minimum Gasteiger partial charge on any atom is -0.399 e. The number of carbonyl (C=O) groups excluding carboxylic acids is 2. The van der Waals surface area contributed by atoms with E-state index in [1.807, 2.05) is 43.3 Å². The minimum atomic E-state index is -0.445. The van der Waals surface area contributed by atoms with Crippen molar-refractivity contribution in [1.82, 2.24) is 28.9 Å². The van der Waals surface area contributed by atoms with Gasteiger partial charge in [-0.2, -0.15) is 0 Å². The van der Waals surface area contributed by atoms with E-state index in [1.165, 1.54) is 35.9 Å². The highest BCUT2D eigenvalue weighted by molar-refractivity contribution is 5.79. The first-order valence-electron chi connectivity index (χ1n) is 14.9. The Kier molecular flexibility index (Phi) is 9.37. The summed E-state index contributed by atoms with van der Waals surface area (Å²) in [6, 6.07) is 14.2. The first kappa shape index (κ1) is 30.5. The maximum Gasteiger partial charge on any atom is 0.329 e. The number of benzene rings is 2. The number of rotatable bonds is 5. The normalized spacial score (nSPS) is 15.0. The van der Waals surface area contributed by atoms with Crippen molar-refractivity contribution in [3.8, 4) is 22.5 Å². The first-order valence-corrected chi connectivity index (χ1v) is 14.9. The smallest absolute Gasteiger partial charge is 0.329 e. The van der Waals surface area contributed by atoms with E-state index < -0.39 is 4.92 Å². The zero-order valence-electron chi connectivity index (χ0n) is 25.1. The summed E-state index contributed by atoms with van der Waals surface area (Å²) in [5.74, 6) is 0. The van der Waals surface area contributed by atoms with Crippen LogP contribution in [0.5, 0.6) is 0 Å². The zero-order valence-corrected chi connectivity index (χ0v) is 25.1. The third kappa shape index (κ3) is 6.96. The molecule has 2 aliphatic rings. The van der Waals surface area contributed by atoms with Gasteiger partial charge < -0.3 is 15.5 Å². The number of nitrogens with two attached hydrogens (primary N) is 1. The van der Waals surface area contributed by atoms with Gasteiger partial charge >= 0.3 is 12.1 Å². The van der Waals surface area contributed by atoms with Crippen LogP contribution in [0.3, 0.4) is 0 Å². The monoisotopic (exact) mass is 598 g/mol. The van der Waals surface area contributed by atoms with Gasteiger partial charge in [0.25, 0.3) is 5.69 Å². The Morgan fingerprint density at radius 3 is 1.70 bits per heavy atom. The van der Waals surface area contributed by atoms with E-state index in [0.29, 0.717) is 23.0 Å². The summed E-state index contributed by atoms with van der Waals surface area (Å²) in [5.41, 5.74) is 9.33. The van der Waals surface area contributed by atoms with Gasteiger partial charge in [0.2, 0.25) is 0 Å². The number of nitro groups is 1. The lowest BCUT2D eigenvalue weighted by Gasteiger charge is -2.23. The third-order valence-corrected chi connectivity index (χ3v) is 8.49. The highest BCUT2D eigenvalue weighted by atomic mass is 16.6. The number of aromatic nitrogens is 4. The fourth-order valence-corrected chi connectivity index (χ4v) is 5.89. The van der Waals surface area contributed by atoms with E-state index in [4.69, 9.17) is 5.73 Å². The van der Waals surface area contributed by atoms with Crippen LogP contribution in [0.2, 0.25) is 0 Å². The molecule has 4 aromatic rings. The maximum absolute atomic E-state index is 12.5. The Labute approximate surface area is 256 Å². The molecule has 2 aliphatic carbocycles. The van der Waals surface area contributed by atoms with Crippen LogP contribution < -0.4 is 5.73 Å². The van der Waals surface area contributed by atoms with E-state index >= 15 is 0 Å². The van der Waals surface area contributed by atoms with E-state index in [2.05, 4.69) is 9.97 Å². The molecule has 12 nitrogen and oxygen atoms in total. The van der Waals surface area contributed by atoms with E-state index in [1.54, 1.807) is 40.3 Å². The van der Waals surface area contributed by atoms with Crippen LogP contribution in [-0.4, -0.2) is 72.1 Å². The minimum absolute atomic E-state index is 0.00597. The Hall–Kier alpha value is -5.00. The Morgan fingerprint density at radius 1 is 0.795 bits per heavy atom. The number of hydrogen-bond donors (Lipinski definition) is 1. The van der Waals surface area contributed by atoms with Crippen molar-refractivity contribution in [3.63, 3.8) is 0 Å². The average Bonchev–Trinajstić information content (AvgIpc) is 3.87. The molecule has 2 N–H and O–H groups in total. The molecule has 6 rings (SSSR count). The van der Waals surface area contributed by atoms with E-state index in [0.717, 1.165) is 49.8 Å². The predicted octanol–water partition coefficient (Wildman–Crippen LogP) is 6.28. The molecule has 2 saturated carbocycles. The number of nitrogen functional groups attached to an aromatic ring is 1. The van der Waals surface area contributed by atoms with Crippen LogP contribution in [0.15, 0.2) is 73.6 Å². The summed E-state index contributed by atoms with van der Waals surface area (Å²) in [5, 5.41) is 10.9. The lowest BCUT2D eigenvalue weighted by Crippen LogP contribution is -2.37. The summed E-state index contributed by atoms with van der Waals surface area (Å²) in [7, 11) is 3.68. The molecular formula is C32H38N8O4. The van der Waals surface area contributed by atoms with Gasteiger partial charge in [0.15, 0.2) is 0 Å². The van der Waals surface area contributed by atoms with Crippen molar-refractivity contribution < 1.29 is 14.5 Å². The Bertz CT molecular complexity index is 1620. The molecule has 0 bridgehead atoms. The van der Waals surface area contributed by atoms with Gasteiger partial charge in [-0.15, -0.1) is 0 Å². The van der Waals surface area contributed by atoms with Crippen molar-refractivity contribution in [2.75, 3.05) is 19.8 Å². The molecule has 2 fully saturated rings. The van der Waals surface area contributed by atoms with Crippen molar-refractivity contribution in [2.24, 2.45) is 0 Å². The molecule has 0 atom stereocenters. The predicted molar refractivity (Wildman–Crippen MR) is 168 cm³/mol. The summed E-state index contributed by atoms with van der Waals surface area (Å²) in [6.45, 7) is 0. The number of anilines is 1. The molecule has 2 aromatic carbocycles. The summed E-state index contributed by atoms with van der Waals surface area (Å²) >= 11 is 0. The van der Waals surface area contributed by atoms with Gasteiger partial charge in [-0.05, 0) is 37.8 Å². The molecule has 0 unspecified atom stereocenters. The van der Waals surface area contributed by atoms with Crippen molar-refractivity contribution in [2.45, 2.75) is 63.5 Å². The molecule has 2 heterocycles.